The predicted octanol–water partition coefficient (Wildman–Crippen LogP) is 4.24. The number of hydrogen-bond acceptors (Lipinski definition) is 4. The first kappa shape index (κ1) is 23.2. The Morgan fingerprint density at radius 2 is 2.06 bits per heavy atom. The minimum absolute atomic E-state index is 0.0294. The molecule has 3 aromatic rings. The zero-order chi connectivity index (χ0) is 23.8. The first-order chi connectivity index (χ1) is 15.6. The van der Waals surface area contributed by atoms with Crippen molar-refractivity contribution in [2.45, 2.75) is 46.4 Å². The van der Waals surface area contributed by atoms with Gasteiger partial charge in [-0.25, -0.2) is 9.18 Å². The number of H-pyrrole nitrogens is 1. The molecule has 0 saturated heterocycles. The lowest BCUT2D eigenvalue weighted by Gasteiger charge is -2.26. The lowest BCUT2D eigenvalue weighted by Crippen LogP contribution is -2.39. The molecule has 1 saturated carbocycles. The van der Waals surface area contributed by atoms with E-state index in [0.29, 0.717) is 28.6 Å². The molecule has 1 aliphatic rings. The molecule has 1 aliphatic carbocycles. The van der Waals surface area contributed by atoms with Crippen LogP contribution in [-0.4, -0.2) is 26.1 Å². The van der Waals surface area contributed by atoms with Gasteiger partial charge in [0.25, 0.3) is 0 Å². The molecule has 33 heavy (non-hydrogen) atoms. The second-order valence-electron chi connectivity index (χ2n) is 9.36. The molecule has 4 rings (SSSR count). The zero-order valence-corrected chi connectivity index (χ0v) is 19.5. The Kier molecular flexibility index (Phi) is 6.44. The van der Waals surface area contributed by atoms with Crippen LogP contribution in [0.15, 0.2) is 41.2 Å². The van der Waals surface area contributed by atoms with Crippen LogP contribution in [0.1, 0.15) is 44.7 Å². The fraction of sp³-hybridized carbons (Fsp3) is 0.360. The number of nitrogens with one attached hydrogen (secondary N) is 2. The molecule has 6 nitrogen and oxygen atoms in total. The molecule has 8 heteroatoms. The van der Waals surface area contributed by atoms with Crippen molar-refractivity contribution in [2.24, 2.45) is 11.3 Å². The molecular formula is C25H26ClFN4O2. The number of aromatic amines is 1. The number of hydrogen-bond donors (Lipinski definition) is 3. The highest BCUT2D eigenvalue weighted by Gasteiger charge is 2.22. The number of nitrogens with zero attached hydrogens (tertiary/aromatic N) is 2. The largest absolute Gasteiger partial charge is 0.378 e. The van der Waals surface area contributed by atoms with E-state index in [4.69, 9.17) is 11.6 Å². The van der Waals surface area contributed by atoms with Crippen molar-refractivity contribution in [1.29, 1.82) is 0 Å². The molecule has 1 unspecified atom stereocenters. The molecule has 1 aromatic heterocycles. The van der Waals surface area contributed by atoms with Crippen molar-refractivity contribution < 1.29 is 9.50 Å². The second kappa shape index (κ2) is 9.14. The number of rotatable bonds is 5. The van der Waals surface area contributed by atoms with Crippen molar-refractivity contribution in [3.63, 3.8) is 0 Å². The van der Waals surface area contributed by atoms with Gasteiger partial charge in [0, 0.05) is 29.0 Å². The molecule has 0 radical (unpaired) electrons. The zero-order valence-electron chi connectivity index (χ0n) is 18.7. The fourth-order valence-electron chi connectivity index (χ4n) is 3.16. The Labute approximate surface area is 196 Å². The van der Waals surface area contributed by atoms with E-state index in [1.807, 2.05) is 26.8 Å². The van der Waals surface area contributed by atoms with Gasteiger partial charge in [-0.1, -0.05) is 50.3 Å². The van der Waals surface area contributed by atoms with E-state index < -0.39 is 17.7 Å². The van der Waals surface area contributed by atoms with Crippen molar-refractivity contribution >= 4 is 11.6 Å². The van der Waals surface area contributed by atoms with E-state index in [2.05, 4.69) is 27.2 Å². The van der Waals surface area contributed by atoms with Gasteiger partial charge in [0.1, 0.15) is 17.7 Å². The van der Waals surface area contributed by atoms with Gasteiger partial charge >= 0.3 is 5.69 Å². The van der Waals surface area contributed by atoms with Crippen LogP contribution < -0.4 is 11.0 Å². The molecule has 0 amide bonds. The van der Waals surface area contributed by atoms with E-state index in [1.54, 1.807) is 18.2 Å². The van der Waals surface area contributed by atoms with Crippen LogP contribution >= 0.6 is 11.6 Å². The summed E-state index contributed by atoms with van der Waals surface area (Å²) in [4.78, 5) is 15.2. The lowest BCUT2D eigenvalue weighted by molar-refractivity contribution is 0.0317. The smallest absolute Gasteiger partial charge is 0.348 e. The number of halogens is 2. The Morgan fingerprint density at radius 1 is 1.30 bits per heavy atom. The minimum Gasteiger partial charge on any atom is -0.378 e. The van der Waals surface area contributed by atoms with E-state index >= 15 is 0 Å². The summed E-state index contributed by atoms with van der Waals surface area (Å²) in [6, 6.07) is 9.78. The number of aliphatic hydroxyl groups excluding tert-OH is 1. The topological polar surface area (TPSA) is 82.9 Å². The Morgan fingerprint density at radius 3 is 2.73 bits per heavy atom. The summed E-state index contributed by atoms with van der Waals surface area (Å²) in [7, 11) is 0. The molecule has 0 aliphatic heterocycles. The predicted molar refractivity (Wildman–Crippen MR) is 126 cm³/mol. The van der Waals surface area contributed by atoms with Crippen molar-refractivity contribution in [3.05, 3.63) is 68.8 Å². The Bertz CT molecular complexity index is 1290. The molecule has 0 bridgehead atoms. The average Bonchev–Trinajstić information content (AvgIpc) is 3.51. The van der Waals surface area contributed by atoms with Crippen molar-refractivity contribution in [1.82, 2.24) is 20.1 Å². The molecule has 2 aromatic carbocycles. The molecule has 1 heterocycles. The minimum atomic E-state index is -0.699. The summed E-state index contributed by atoms with van der Waals surface area (Å²) in [6.45, 7) is 6.19. The molecule has 1 fully saturated rings. The third-order valence-corrected chi connectivity index (χ3v) is 5.73. The third kappa shape index (κ3) is 5.53. The van der Waals surface area contributed by atoms with Crippen LogP contribution in [0.3, 0.4) is 0 Å². The number of aliphatic hydroxyl groups is 1. The van der Waals surface area contributed by atoms with Gasteiger partial charge in [0.05, 0.1) is 5.02 Å². The number of benzene rings is 2. The summed E-state index contributed by atoms with van der Waals surface area (Å²) in [5.41, 5.74) is 1.04. The lowest BCUT2D eigenvalue weighted by atomic mass is 9.94. The second-order valence-corrected chi connectivity index (χ2v) is 9.77. The van der Waals surface area contributed by atoms with E-state index in [-0.39, 0.29) is 16.9 Å². The monoisotopic (exact) mass is 468 g/mol. The average molecular weight is 469 g/mol. The third-order valence-electron chi connectivity index (χ3n) is 5.40. The van der Waals surface area contributed by atoms with Gasteiger partial charge in [0.2, 0.25) is 0 Å². The maximum Gasteiger partial charge on any atom is 0.348 e. The van der Waals surface area contributed by atoms with E-state index in [9.17, 15) is 14.3 Å². The fourth-order valence-corrected chi connectivity index (χ4v) is 3.37. The van der Waals surface area contributed by atoms with Crippen LogP contribution in [0.2, 0.25) is 5.02 Å². The van der Waals surface area contributed by atoms with Gasteiger partial charge < -0.3 is 5.11 Å². The molecular weight excluding hydrogens is 443 g/mol. The van der Waals surface area contributed by atoms with Crippen LogP contribution in [0.5, 0.6) is 0 Å². The van der Waals surface area contributed by atoms with Gasteiger partial charge in [-0.15, -0.1) is 5.10 Å². The van der Waals surface area contributed by atoms with Crippen LogP contribution in [0, 0.1) is 29.0 Å². The van der Waals surface area contributed by atoms with Gasteiger partial charge in [-0.3, -0.25) is 10.3 Å². The standard InChI is InChI=1S/C25H26ClFN4O2/c1-25(2,3)23(32)28-14-17-8-10-19(26)18(12-17)22-29-24(33)31(30-22)21-11-9-16(13-20(21)27)7-6-15-4-5-15/h8-13,15,23,28,32H,4-5,14H2,1-3H3,(H,29,30,33). The molecule has 1 atom stereocenters. The molecule has 172 valence electrons. The highest BCUT2D eigenvalue weighted by molar-refractivity contribution is 6.33. The van der Waals surface area contributed by atoms with Gasteiger partial charge in [0.15, 0.2) is 5.82 Å². The highest BCUT2D eigenvalue weighted by Crippen LogP contribution is 2.28. The SMILES string of the molecule is CC(C)(C)C(O)NCc1ccc(Cl)c(-c2nn(-c3ccc(C#CC4CC4)cc3F)c(=O)[nH]2)c1. The number of aromatic nitrogens is 3. The molecule has 0 spiro atoms. The van der Waals surface area contributed by atoms with E-state index in [1.165, 1.54) is 12.1 Å². The summed E-state index contributed by atoms with van der Waals surface area (Å²) < 4.78 is 15.7. The first-order valence-electron chi connectivity index (χ1n) is 10.8. The first-order valence-corrected chi connectivity index (χ1v) is 11.2. The summed E-state index contributed by atoms with van der Waals surface area (Å²) >= 11 is 6.36. The summed E-state index contributed by atoms with van der Waals surface area (Å²) in [6.07, 6.45) is 1.49. The maximum absolute atomic E-state index is 14.7. The van der Waals surface area contributed by atoms with Gasteiger partial charge in [-0.05, 0) is 48.7 Å². The van der Waals surface area contributed by atoms with Crippen molar-refractivity contribution in [2.75, 3.05) is 0 Å². The molecule has 3 N–H and O–H groups in total. The summed E-state index contributed by atoms with van der Waals surface area (Å²) in [5.74, 6) is 6.11. The van der Waals surface area contributed by atoms with Crippen LogP contribution in [0.4, 0.5) is 4.39 Å². The highest BCUT2D eigenvalue weighted by atomic mass is 35.5. The van der Waals surface area contributed by atoms with Crippen molar-refractivity contribution in [3.8, 4) is 28.9 Å². The van der Waals surface area contributed by atoms with Crippen LogP contribution in [0.25, 0.3) is 17.1 Å². The van der Waals surface area contributed by atoms with E-state index in [0.717, 1.165) is 23.1 Å². The quantitative estimate of drug-likeness (QED) is 0.386. The Hall–Kier alpha value is -2.92. The van der Waals surface area contributed by atoms with Crippen LogP contribution in [-0.2, 0) is 6.54 Å². The normalized spacial score (nSPS) is 14.6. The van der Waals surface area contributed by atoms with Gasteiger partial charge in [-0.2, -0.15) is 4.68 Å². The maximum atomic E-state index is 14.7. The summed E-state index contributed by atoms with van der Waals surface area (Å²) in [5, 5.41) is 18.0. The Balaban J connectivity index is 1.59.